The first-order chi connectivity index (χ1) is 6.70. The van der Waals surface area contributed by atoms with Gasteiger partial charge in [0, 0.05) is 11.6 Å². The van der Waals surface area contributed by atoms with Crippen LogP contribution in [-0.4, -0.2) is 12.2 Å². The molecular weight excluding hydrogens is 180 g/mol. The minimum atomic E-state index is -0.477. The van der Waals surface area contributed by atoms with Crippen molar-refractivity contribution in [2.45, 2.75) is 12.5 Å². The molecule has 0 saturated carbocycles. The first-order valence-corrected chi connectivity index (χ1v) is 4.19. The first-order valence-electron chi connectivity index (χ1n) is 4.19. The van der Waals surface area contributed by atoms with Gasteiger partial charge in [-0.2, -0.15) is 5.26 Å². The second-order valence-electron chi connectivity index (χ2n) is 2.87. The van der Waals surface area contributed by atoms with Gasteiger partial charge in [-0.05, 0) is 6.07 Å². The molecule has 4 heteroatoms. The van der Waals surface area contributed by atoms with Gasteiger partial charge >= 0.3 is 0 Å². The van der Waals surface area contributed by atoms with Crippen LogP contribution in [0.4, 0.5) is 0 Å². The van der Waals surface area contributed by atoms with Crippen molar-refractivity contribution in [1.29, 1.82) is 5.26 Å². The summed E-state index contributed by atoms with van der Waals surface area (Å²) in [6.07, 6.45) is 0.167. The Balaban J connectivity index is 3.04. The molecule has 0 bridgehead atoms. The van der Waals surface area contributed by atoms with E-state index >= 15 is 0 Å². The van der Waals surface area contributed by atoms with Crippen LogP contribution in [0.25, 0.3) is 0 Å². The highest BCUT2D eigenvalue weighted by atomic mass is 16.5. The fraction of sp³-hybridized carbons (Fsp3) is 0.300. The van der Waals surface area contributed by atoms with E-state index in [0.29, 0.717) is 11.3 Å². The van der Waals surface area contributed by atoms with Gasteiger partial charge in [0.05, 0.1) is 19.6 Å². The predicted molar refractivity (Wildman–Crippen MR) is 51.8 cm³/mol. The highest BCUT2D eigenvalue weighted by Crippen LogP contribution is 2.33. The minimum absolute atomic E-state index is 0.0118. The van der Waals surface area contributed by atoms with Crippen LogP contribution in [0.15, 0.2) is 18.2 Å². The number of nitrogens with two attached hydrogens (primary N) is 1. The van der Waals surface area contributed by atoms with E-state index in [9.17, 15) is 5.11 Å². The van der Waals surface area contributed by atoms with Gasteiger partial charge in [0.15, 0.2) is 11.5 Å². The zero-order valence-corrected chi connectivity index (χ0v) is 7.90. The summed E-state index contributed by atoms with van der Waals surface area (Å²) in [5, 5.41) is 18.1. The molecule has 0 aliphatic carbocycles. The smallest absolute Gasteiger partial charge is 0.162 e. The number of phenols is 1. The zero-order valence-electron chi connectivity index (χ0n) is 7.90. The summed E-state index contributed by atoms with van der Waals surface area (Å²) in [5.74, 6) is 0.383. The minimum Gasteiger partial charge on any atom is -0.504 e. The molecule has 14 heavy (non-hydrogen) atoms. The molecule has 1 atom stereocenters. The fourth-order valence-corrected chi connectivity index (χ4v) is 1.21. The van der Waals surface area contributed by atoms with Crippen LogP contribution < -0.4 is 10.5 Å². The molecule has 0 aliphatic rings. The summed E-state index contributed by atoms with van der Waals surface area (Å²) >= 11 is 0. The fourth-order valence-electron chi connectivity index (χ4n) is 1.21. The summed E-state index contributed by atoms with van der Waals surface area (Å²) in [6.45, 7) is 0. The van der Waals surface area contributed by atoms with Crippen molar-refractivity contribution >= 4 is 0 Å². The Kier molecular flexibility index (Phi) is 3.32. The van der Waals surface area contributed by atoms with Gasteiger partial charge < -0.3 is 15.6 Å². The lowest BCUT2D eigenvalue weighted by Crippen LogP contribution is -2.09. The highest BCUT2D eigenvalue weighted by Gasteiger charge is 2.13. The standard InChI is InChI=1S/C10H12N2O2/c1-14-9-4-2-3-7(10(9)13)8(12)5-6-11/h2-4,8,13H,5,12H2,1H3/t8-/m1/s1. The van der Waals surface area contributed by atoms with Crippen LogP contribution in [-0.2, 0) is 0 Å². The number of rotatable bonds is 3. The monoisotopic (exact) mass is 192 g/mol. The number of ether oxygens (including phenoxy) is 1. The van der Waals surface area contributed by atoms with Crippen LogP contribution >= 0.6 is 0 Å². The summed E-state index contributed by atoms with van der Waals surface area (Å²) < 4.78 is 4.93. The number of nitriles is 1. The predicted octanol–water partition coefficient (Wildman–Crippen LogP) is 1.31. The Labute approximate surface area is 82.5 Å². The van der Waals surface area contributed by atoms with Crippen molar-refractivity contribution in [3.05, 3.63) is 23.8 Å². The molecule has 0 heterocycles. The van der Waals surface area contributed by atoms with Gasteiger partial charge in [-0.15, -0.1) is 0 Å². The molecule has 0 saturated heterocycles. The van der Waals surface area contributed by atoms with E-state index in [0.717, 1.165) is 0 Å². The van der Waals surface area contributed by atoms with Crippen molar-refractivity contribution < 1.29 is 9.84 Å². The third-order valence-electron chi connectivity index (χ3n) is 1.96. The van der Waals surface area contributed by atoms with Gasteiger partial charge in [0.2, 0.25) is 0 Å². The SMILES string of the molecule is COc1cccc([C@H](N)CC#N)c1O. The molecule has 1 rings (SSSR count). The number of para-hydroxylation sites is 1. The third-order valence-corrected chi connectivity index (χ3v) is 1.96. The van der Waals surface area contributed by atoms with E-state index in [1.165, 1.54) is 7.11 Å². The van der Waals surface area contributed by atoms with E-state index in [1.807, 2.05) is 6.07 Å². The molecule has 0 fully saturated rings. The van der Waals surface area contributed by atoms with E-state index in [4.69, 9.17) is 15.7 Å². The molecular formula is C10H12N2O2. The van der Waals surface area contributed by atoms with Crippen LogP contribution in [0.5, 0.6) is 11.5 Å². The molecule has 0 radical (unpaired) electrons. The molecule has 1 aromatic rings. The van der Waals surface area contributed by atoms with Gasteiger partial charge in [-0.25, -0.2) is 0 Å². The number of phenolic OH excluding ortho intramolecular Hbond substituents is 1. The van der Waals surface area contributed by atoms with Gasteiger partial charge in [0.1, 0.15) is 0 Å². The third kappa shape index (κ3) is 1.95. The van der Waals surface area contributed by atoms with Gasteiger partial charge in [0.25, 0.3) is 0 Å². The maximum Gasteiger partial charge on any atom is 0.162 e. The van der Waals surface area contributed by atoms with Crippen LogP contribution in [0.3, 0.4) is 0 Å². The molecule has 0 amide bonds. The van der Waals surface area contributed by atoms with Crippen LogP contribution in [0, 0.1) is 11.3 Å². The summed E-state index contributed by atoms with van der Waals surface area (Å²) in [7, 11) is 1.47. The summed E-state index contributed by atoms with van der Waals surface area (Å²) in [5.41, 5.74) is 6.23. The van der Waals surface area contributed by atoms with E-state index < -0.39 is 6.04 Å². The lowest BCUT2D eigenvalue weighted by molar-refractivity contribution is 0.368. The number of aromatic hydroxyl groups is 1. The van der Waals surface area contributed by atoms with E-state index in [-0.39, 0.29) is 12.2 Å². The van der Waals surface area contributed by atoms with E-state index in [2.05, 4.69) is 0 Å². The number of hydrogen-bond donors (Lipinski definition) is 2. The maximum atomic E-state index is 9.67. The Morgan fingerprint density at radius 3 is 2.93 bits per heavy atom. The quantitative estimate of drug-likeness (QED) is 0.756. The number of nitrogens with zero attached hydrogens (tertiary/aromatic N) is 1. The molecule has 4 nitrogen and oxygen atoms in total. The van der Waals surface area contributed by atoms with Crippen molar-refractivity contribution in [2.24, 2.45) is 5.73 Å². The highest BCUT2D eigenvalue weighted by molar-refractivity contribution is 5.46. The molecule has 0 spiro atoms. The molecule has 0 aliphatic heterocycles. The normalized spacial score (nSPS) is 11.8. The van der Waals surface area contributed by atoms with Crippen molar-refractivity contribution in [3.63, 3.8) is 0 Å². The van der Waals surface area contributed by atoms with Crippen molar-refractivity contribution in [1.82, 2.24) is 0 Å². The molecule has 3 N–H and O–H groups in total. The zero-order chi connectivity index (χ0) is 10.6. The average Bonchev–Trinajstić information content (AvgIpc) is 2.18. The van der Waals surface area contributed by atoms with Crippen LogP contribution in [0.2, 0.25) is 0 Å². The topological polar surface area (TPSA) is 79.3 Å². The van der Waals surface area contributed by atoms with Crippen molar-refractivity contribution in [2.75, 3.05) is 7.11 Å². The summed E-state index contributed by atoms with van der Waals surface area (Å²) in [6, 6.07) is 6.52. The molecule has 74 valence electrons. The lowest BCUT2D eigenvalue weighted by Gasteiger charge is -2.12. The maximum absolute atomic E-state index is 9.67. The molecule has 1 aromatic carbocycles. The number of benzene rings is 1. The first kappa shape index (κ1) is 10.4. The Morgan fingerprint density at radius 1 is 1.64 bits per heavy atom. The largest absolute Gasteiger partial charge is 0.504 e. The van der Waals surface area contributed by atoms with Gasteiger partial charge in [-0.1, -0.05) is 12.1 Å². The van der Waals surface area contributed by atoms with Crippen molar-refractivity contribution in [3.8, 4) is 17.6 Å². The average molecular weight is 192 g/mol. The van der Waals surface area contributed by atoms with E-state index in [1.54, 1.807) is 18.2 Å². The lowest BCUT2D eigenvalue weighted by atomic mass is 10.0. The Bertz CT molecular complexity index is 358. The molecule has 0 unspecified atom stereocenters. The van der Waals surface area contributed by atoms with Crippen LogP contribution in [0.1, 0.15) is 18.0 Å². The number of methoxy groups -OCH3 is 1. The second kappa shape index (κ2) is 4.49. The second-order valence-corrected chi connectivity index (χ2v) is 2.87. The Morgan fingerprint density at radius 2 is 2.36 bits per heavy atom. The molecule has 0 aromatic heterocycles. The Hall–Kier alpha value is -1.73. The number of hydrogen-bond acceptors (Lipinski definition) is 4. The van der Waals surface area contributed by atoms with Gasteiger partial charge in [-0.3, -0.25) is 0 Å². The summed E-state index contributed by atoms with van der Waals surface area (Å²) in [4.78, 5) is 0.